The predicted molar refractivity (Wildman–Crippen MR) is 251 cm³/mol. The lowest BCUT2D eigenvalue weighted by Crippen LogP contribution is -2.58. The standard InChI is InChI=1S/C54H58N6O4/c55-45(35-37-49(61)59-53(39-21-7-1-8-22-39,40-23-9-2-10-24-40)41-25-11-3-12-26-41)51(63)57-47-33-19-20-34-48(47)58-52(64)46(56)36-38-50(62)60-54(42-27-13-4-14-28-42,43-29-15-5-16-30-43)44-31-17-6-18-32-44/h1-18,21-32,45-48H,19-20,33-38,55-56H2,(H,57,63)(H,58,64)(H,59,61)(H,60,62)/t45-,46-,47+,48+/m0/s1. The number of nitrogens with two attached hydrogens (primary N) is 2. The molecule has 0 bridgehead atoms. The number of hydrogen-bond donors (Lipinski definition) is 6. The lowest BCUT2D eigenvalue weighted by molar-refractivity contribution is -0.127. The molecule has 1 aliphatic rings. The molecule has 0 radical (unpaired) electrons. The van der Waals surface area contributed by atoms with Gasteiger partial charge in [-0.05, 0) is 59.1 Å². The van der Waals surface area contributed by atoms with Crippen LogP contribution < -0.4 is 32.7 Å². The van der Waals surface area contributed by atoms with Crippen LogP contribution in [0.4, 0.5) is 0 Å². The maximum absolute atomic E-state index is 13.9. The minimum absolute atomic E-state index is 0.0132. The molecule has 6 aromatic carbocycles. The van der Waals surface area contributed by atoms with Crippen molar-refractivity contribution in [2.75, 3.05) is 0 Å². The number of amides is 4. The van der Waals surface area contributed by atoms with Crippen LogP contribution in [0.3, 0.4) is 0 Å². The monoisotopic (exact) mass is 854 g/mol. The molecule has 1 aliphatic carbocycles. The van der Waals surface area contributed by atoms with E-state index in [2.05, 4.69) is 21.3 Å². The number of benzene rings is 6. The molecule has 0 aliphatic heterocycles. The number of hydrogen-bond acceptors (Lipinski definition) is 6. The summed E-state index contributed by atoms with van der Waals surface area (Å²) in [6.07, 6.45) is 3.29. The molecule has 328 valence electrons. The first-order valence-corrected chi connectivity index (χ1v) is 22.3. The van der Waals surface area contributed by atoms with Crippen LogP contribution in [0.5, 0.6) is 0 Å². The Bertz CT molecular complexity index is 2060. The fraction of sp³-hybridized carbons (Fsp3) is 0.259. The van der Waals surface area contributed by atoms with Crippen LogP contribution >= 0.6 is 0 Å². The highest BCUT2D eigenvalue weighted by Crippen LogP contribution is 2.38. The molecule has 0 heterocycles. The molecule has 10 nitrogen and oxygen atoms in total. The van der Waals surface area contributed by atoms with Crippen LogP contribution in [0.15, 0.2) is 182 Å². The molecule has 8 N–H and O–H groups in total. The summed E-state index contributed by atoms with van der Waals surface area (Å²) in [6, 6.07) is 56.4. The van der Waals surface area contributed by atoms with Crippen molar-refractivity contribution in [2.45, 2.75) is 86.6 Å². The molecule has 7 rings (SSSR count). The molecule has 0 spiro atoms. The third-order valence-electron chi connectivity index (χ3n) is 12.4. The average Bonchev–Trinajstić information content (AvgIpc) is 3.35. The van der Waals surface area contributed by atoms with Gasteiger partial charge in [0.15, 0.2) is 0 Å². The van der Waals surface area contributed by atoms with Crippen LogP contribution in [0, 0.1) is 0 Å². The van der Waals surface area contributed by atoms with E-state index in [1.54, 1.807) is 0 Å². The Morgan fingerprint density at radius 3 is 0.891 bits per heavy atom. The smallest absolute Gasteiger partial charge is 0.237 e. The summed E-state index contributed by atoms with van der Waals surface area (Å²) in [4.78, 5) is 55.0. The zero-order chi connectivity index (χ0) is 44.8. The van der Waals surface area contributed by atoms with Gasteiger partial charge in [0.1, 0.15) is 11.1 Å². The van der Waals surface area contributed by atoms with Gasteiger partial charge in [-0.2, -0.15) is 0 Å². The first-order valence-electron chi connectivity index (χ1n) is 22.3. The number of carbonyl (C=O) groups excluding carboxylic acids is 4. The van der Waals surface area contributed by atoms with Crippen LogP contribution in [0.2, 0.25) is 0 Å². The Morgan fingerprint density at radius 2 is 0.656 bits per heavy atom. The zero-order valence-corrected chi connectivity index (χ0v) is 36.1. The molecule has 0 unspecified atom stereocenters. The fourth-order valence-electron chi connectivity index (χ4n) is 9.00. The molecule has 1 fully saturated rings. The lowest BCUT2D eigenvalue weighted by atomic mass is 9.77. The molecule has 0 saturated heterocycles. The van der Waals surface area contributed by atoms with Gasteiger partial charge in [-0.15, -0.1) is 0 Å². The molecule has 64 heavy (non-hydrogen) atoms. The molecule has 4 atom stereocenters. The van der Waals surface area contributed by atoms with Gasteiger partial charge in [-0.3, -0.25) is 19.2 Å². The highest BCUT2D eigenvalue weighted by Gasteiger charge is 2.40. The van der Waals surface area contributed by atoms with E-state index in [0.29, 0.717) is 12.8 Å². The summed E-state index contributed by atoms with van der Waals surface area (Å²) in [5.41, 5.74) is 16.3. The van der Waals surface area contributed by atoms with E-state index in [-0.39, 0.29) is 61.4 Å². The van der Waals surface area contributed by atoms with E-state index < -0.39 is 23.2 Å². The molecule has 4 amide bonds. The summed E-state index contributed by atoms with van der Waals surface area (Å²) < 4.78 is 0. The first kappa shape index (κ1) is 45.2. The van der Waals surface area contributed by atoms with Crippen molar-refractivity contribution in [2.24, 2.45) is 11.5 Å². The van der Waals surface area contributed by atoms with E-state index in [1.165, 1.54) is 0 Å². The van der Waals surface area contributed by atoms with Crippen molar-refractivity contribution < 1.29 is 19.2 Å². The van der Waals surface area contributed by atoms with Crippen molar-refractivity contribution in [3.05, 3.63) is 215 Å². The van der Waals surface area contributed by atoms with Crippen molar-refractivity contribution in [1.82, 2.24) is 21.3 Å². The van der Waals surface area contributed by atoms with Gasteiger partial charge in [0.2, 0.25) is 23.6 Å². The second kappa shape index (κ2) is 21.5. The Kier molecular flexibility index (Phi) is 15.1. The van der Waals surface area contributed by atoms with E-state index in [1.807, 2.05) is 182 Å². The van der Waals surface area contributed by atoms with Crippen LogP contribution in [0.1, 0.15) is 84.7 Å². The summed E-state index contributed by atoms with van der Waals surface area (Å²) in [5.74, 6) is -1.29. The maximum Gasteiger partial charge on any atom is 0.237 e. The minimum Gasteiger partial charge on any atom is -0.350 e. The summed E-state index contributed by atoms with van der Waals surface area (Å²) in [6.45, 7) is 0. The van der Waals surface area contributed by atoms with Crippen molar-refractivity contribution in [3.63, 3.8) is 0 Å². The molecular formula is C54H58N6O4. The van der Waals surface area contributed by atoms with Gasteiger partial charge in [-0.25, -0.2) is 0 Å². The second-order valence-corrected chi connectivity index (χ2v) is 16.6. The van der Waals surface area contributed by atoms with Gasteiger partial charge < -0.3 is 32.7 Å². The van der Waals surface area contributed by atoms with Crippen LogP contribution in [0.25, 0.3) is 0 Å². The van der Waals surface area contributed by atoms with E-state index in [9.17, 15) is 19.2 Å². The van der Waals surface area contributed by atoms with Gasteiger partial charge in [-0.1, -0.05) is 195 Å². The zero-order valence-electron chi connectivity index (χ0n) is 36.1. The maximum atomic E-state index is 13.9. The Labute approximate surface area is 376 Å². The molecule has 6 aromatic rings. The third kappa shape index (κ3) is 10.5. The highest BCUT2D eigenvalue weighted by atomic mass is 16.2. The van der Waals surface area contributed by atoms with E-state index in [0.717, 1.165) is 46.2 Å². The Hall–Kier alpha value is -6.88. The van der Waals surface area contributed by atoms with Crippen molar-refractivity contribution in [3.8, 4) is 0 Å². The topological polar surface area (TPSA) is 168 Å². The lowest BCUT2D eigenvalue weighted by Gasteiger charge is -2.37. The number of nitrogens with one attached hydrogen (secondary N) is 4. The molecule has 1 saturated carbocycles. The van der Waals surface area contributed by atoms with Crippen molar-refractivity contribution >= 4 is 23.6 Å². The predicted octanol–water partition coefficient (Wildman–Crippen LogP) is 6.96. The summed E-state index contributed by atoms with van der Waals surface area (Å²) in [5, 5.41) is 12.8. The van der Waals surface area contributed by atoms with Crippen molar-refractivity contribution in [1.29, 1.82) is 0 Å². The quantitative estimate of drug-likeness (QED) is 0.0511. The van der Waals surface area contributed by atoms with Gasteiger partial charge in [0, 0.05) is 24.9 Å². The van der Waals surface area contributed by atoms with Crippen LogP contribution in [-0.2, 0) is 30.3 Å². The largest absolute Gasteiger partial charge is 0.350 e. The Balaban J connectivity index is 0.957. The second-order valence-electron chi connectivity index (χ2n) is 16.6. The third-order valence-corrected chi connectivity index (χ3v) is 12.4. The molecular weight excluding hydrogens is 797 g/mol. The van der Waals surface area contributed by atoms with Gasteiger partial charge >= 0.3 is 0 Å². The normalized spacial score (nSPS) is 16.1. The minimum atomic E-state index is -0.984. The average molecular weight is 855 g/mol. The fourth-order valence-corrected chi connectivity index (χ4v) is 9.00. The SMILES string of the molecule is N[C@@H](CCC(=O)NC(c1ccccc1)(c1ccccc1)c1ccccc1)C(=O)N[C@@H]1CCCC[C@H]1NC(=O)[C@@H](N)CCC(=O)NC(c1ccccc1)(c1ccccc1)c1ccccc1. The van der Waals surface area contributed by atoms with E-state index in [4.69, 9.17) is 11.5 Å². The van der Waals surface area contributed by atoms with Crippen LogP contribution in [-0.4, -0.2) is 47.8 Å². The van der Waals surface area contributed by atoms with Gasteiger partial charge in [0.25, 0.3) is 0 Å². The first-order chi connectivity index (χ1) is 31.2. The van der Waals surface area contributed by atoms with E-state index >= 15 is 0 Å². The van der Waals surface area contributed by atoms with Gasteiger partial charge in [0.05, 0.1) is 12.1 Å². The number of rotatable bonds is 18. The molecule has 0 aromatic heterocycles. The Morgan fingerprint density at radius 1 is 0.422 bits per heavy atom. The molecule has 10 heteroatoms. The summed E-state index contributed by atoms with van der Waals surface area (Å²) >= 11 is 0. The highest BCUT2D eigenvalue weighted by molar-refractivity contribution is 5.85. The number of carbonyl (C=O) groups is 4. The summed E-state index contributed by atoms with van der Waals surface area (Å²) in [7, 11) is 0.